The summed E-state index contributed by atoms with van der Waals surface area (Å²) >= 11 is 6.07. The number of nitrogens with two attached hydrogens (primary N) is 1. The Kier molecular flexibility index (Phi) is 5.34. The third-order valence-electron chi connectivity index (χ3n) is 5.89. The van der Waals surface area contributed by atoms with Crippen LogP contribution >= 0.6 is 11.6 Å². The molecule has 3 heterocycles. The molecule has 0 spiro atoms. The van der Waals surface area contributed by atoms with Crippen LogP contribution in [-0.4, -0.2) is 34.7 Å². The molecular formula is C23H21ClFN5O2S. The molecule has 0 radical (unpaired) electrons. The highest BCUT2D eigenvalue weighted by molar-refractivity contribution is 7.93. The van der Waals surface area contributed by atoms with Crippen molar-refractivity contribution in [1.82, 2.24) is 9.97 Å². The fourth-order valence-electron chi connectivity index (χ4n) is 3.73. The van der Waals surface area contributed by atoms with Gasteiger partial charge in [-0.1, -0.05) is 17.5 Å². The molecule has 0 amide bonds. The van der Waals surface area contributed by atoms with Crippen LogP contribution in [0.5, 0.6) is 0 Å². The third kappa shape index (κ3) is 3.79. The Morgan fingerprint density at radius 2 is 1.94 bits per heavy atom. The van der Waals surface area contributed by atoms with Crippen molar-refractivity contribution in [2.24, 2.45) is 10.7 Å². The molecule has 0 saturated carbocycles. The standard InChI is InChI=1S/C23H21ClFN5O2S/c1-5-13-10-28-20(19-16(13)8-14(24)11-27-19)29-15-6-7-18(25)17(9-15)23(4)12-33(31,32)22(2,3)21(26)30-23/h1,6-11H,12H2,2-4H3,(H2,26,30)(H,28,29). The summed E-state index contributed by atoms with van der Waals surface area (Å²) in [6, 6.07) is 5.94. The van der Waals surface area contributed by atoms with Gasteiger partial charge in [-0.15, -0.1) is 6.42 Å². The number of pyridine rings is 2. The molecule has 4 rings (SSSR count). The molecule has 1 aromatic carbocycles. The molecule has 2 aromatic heterocycles. The van der Waals surface area contributed by atoms with Gasteiger partial charge >= 0.3 is 0 Å². The molecule has 1 aliphatic heterocycles. The molecule has 0 bridgehead atoms. The molecule has 1 unspecified atom stereocenters. The summed E-state index contributed by atoms with van der Waals surface area (Å²) in [7, 11) is -3.69. The lowest BCUT2D eigenvalue weighted by Gasteiger charge is -2.38. The number of terminal acetylenes is 1. The lowest BCUT2D eigenvalue weighted by molar-refractivity contribution is 0.476. The van der Waals surface area contributed by atoms with Crippen molar-refractivity contribution < 1.29 is 12.8 Å². The Bertz CT molecular complexity index is 1480. The maximum absolute atomic E-state index is 14.9. The van der Waals surface area contributed by atoms with E-state index in [4.69, 9.17) is 23.8 Å². The Labute approximate surface area is 196 Å². The summed E-state index contributed by atoms with van der Waals surface area (Å²) in [5.41, 5.74) is 6.17. The molecule has 1 aliphatic rings. The van der Waals surface area contributed by atoms with Gasteiger partial charge in [-0.2, -0.15) is 0 Å². The second-order valence-electron chi connectivity index (χ2n) is 8.57. The van der Waals surface area contributed by atoms with E-state index in [9.17, 15) is 12.8 Å². The highest BCUT2D eigenvalue weighted by Gasteiger charge is 2.49. The minimum Gasteiger partial charge on any atom is -0.386 e. The van der Waals surface area contributed by atoms with Crippen molar-refractivity contribution in [3.05, 3.63) is 58.6 Å². The van der Waals surface area contributed by atoms with Gasteiger partial charge in [0.2, 0.25) is 0 Å². The predicted molar refractivity (Wildman–Crippen MR) is 129 cm³/mol. The van der Waals surface area contributed by atoms with Crippen LogP contribution in [0.4, 0.5) is 15.9 Å². The first-order valence-electron chi connectivity index (χ1n) is 9.94. The van der Waals surface area contributed by atoms with Crippen LogP contribution in [-0.2, 0) is 15.4 Å². The smallest absolute Gasteiger partial charge is 0.165 e. The maximum Gasteiger partial charge on any atom is 0.165 e. The number of rotatable bonds is 3. The molecule has 3 N–H and O–H groups in total. The van der Waals surface area contributed by atoms with E-state index < -0.39 is 25.9 Å². The molecule has 0 fully saturated rings. The Balaban J connectivity index is 1.80. The zero-order chi connectivity index (χ0) is 24.2. The number of fused-ring (bicyclic) bond motifs is 1. The monoisotopic (exact) mass is 485 g/mol. The molecule has 3 aromatic rings. The number of anilines is 2. The Morgan fingerprint density at radius 1 is 1.21 bits per heavy atom. The number of hydrogen-bond donors (Lipinski definition) is 2. The molecule has 10 heteroatoms. The van der Waals surface area contributed by atoms with Crippen LogP contribution in [0.15, 0.2) is 41.7 Å². The van der Waals surface area contributed by atoms with E-state index in [0.717, 1.165) is 0 Å². The van der Waals surface area contributed by atoms with Crippen LogP contribution in [0.25, 0.3) is 10.9 Å². The van der Waals surface area contributed by atoms with E-state index >= 15 is 0 Å². The first-order valence-corrected chi connectivity index (χ1v) is 12.0. The second kappa shape index (κ2) is 7.68. The third-order valence-corrected chi connectivity index (χ3v) is 8.80. The van der Waals surface area contributed by atoms with Crippen molar-refractivity contribution in [3.8, 4) is 12.3 Å². The quantitative estimate of drug-likeness (QED) is 0.544. The molecule has 0 aliphatic carbocycles. The number of nitrogens with one attached hydrogen (secondary N) is 1. The number of benzene rings is 1. The molecule has 170 valence electrons. The first-order chi connectivity index (χ1) is 15.4. The minimum absolute atomic E-state index is 0.0624. The number of hydrogen-bond acceptors (Lipinski definition) is 7. The van der Waals surface area contributed by atoms with Gasteiger partial charge in [0.05, 0.1) is 16.3 Å². The van der Waals surface area contributed by atoms with Crippen LogP contribution in [0.2, 0.25) is 5.02 Å². The average molecular weight is 486 g/mol. The normalized spacial score (nSPS) is 21.3. The average Bonchev–Trinajstić information content (AvgIpc) is 2.73. The van der Waals surface area contributed by atoms with E-state index in [-0.39, 0.29) is 17.2 Å². The van der Waals surface area contributed by atoms with Gasteiger partial charge in [-0.25, -0.2) is 17.8 Å². The largest absolute Gasteiger partial charge is 0.386 e. The minimum atomic E-state index is -3.69. The lowest BCUT2D eigenvalue weighted by Crippen LogP contribution is -2.54. The van der Waals surface area contributed by atoms with Crippen molar-refractivity contribution in [2.75, 3.05) is 11.1 Å². The van der Waals surface area contributed by atoms with Gasteiger partial charge in [0.15, 0.2) is 15.7 Å². The molecule has 0 saturated heterocycles. The van der Waals surface area contributed by atoms with Crippen molar-refractivity contribution in [1.29, 1.82) is 0 Å². The van der Waals surface area contributed by atoms with Gasteiger partial charge in [0, 0.05) is 29.0 Å². The second-order valence-corrected chi connectivity index (χ2v) is 11.5. The maximum atomic E-state index is 14.9. The summed E-state index contributed by atoms with van der Waals surface area (Å²) < 4.78 is 39.3. The molecule has 33 heavy (non-hydrogen) atoms. The Morgan fingerprint density at radius 3 is 2.61 bits per heavy atom. The summed E-state index contributed by atoms with van der Waals surface area (Å²) in [4.78, 5) is 13.1. The SMILES string of the molecule is C#Cc1cnc(Nc2ccc(F)c(C3(C)CS(=O)(=O)C(C)(C)C(N)=N3)c2)c2ncc(Cl)cc12. The summed E-state index contributed by atoms with van der Waals surface area (Å²) in [6.07, 6.45) is 8.54. The van der Waals surface area contributed by atoms with E-state index in [2.05, 4.69) is 26.2 Å². The lowest BCUT2D eigenvalue weighted by atomic mass is 9.92. The van der Waals surface area contributed by atoms with E-state index in [1.165, 1.54) is 44.4 Å². The van der Waals surface area contributed by atoms with Crippen LogP contribution in [0.1, 0.15) is 31.9 Å². The highest BCUT2D eigenvalue weighted by atomic mass is 35.5. The Hall–Kier alpha value is -3.22. The summed E-state index contributed by atoms with van der Waals surface area (Å²) in [5.74, 6) is 1.89. The number of amidine groups is 1. The van der Waals surface area contributed by atoms with Crippen LogP contribution in [0.3, 0.4) is 0 Å². The van der Waals surface area contributed by atoms with Crippen molar-refractivity contribution in [2.45, 2.75) is 31.1 Å². The number of aromatic nitrogens is 2. The van der Waals surface area contributed by atoms with Crippen molar-refractivity contribution >= 4 is 49.7 Å². The van der Waals surface area contributed by atoms with Gasteiger partial charge in [-0.3, -0.25) is 9.98 Å². The summed E-state index contributed by atoms with van der Waals surface area (Å²) in [5, 5.41) is 4.16. The number of halogens is 2. The molecule has 1 atom stereocenters. The fraction of sp³-hybridized carbons (Fsp3) is 0.261. The number of sulfone groups is 1. The van der Waals surface area contributed by atoms with E-state index in [1.807, 2.05) is 0 Å². The zero-order valence-electron chi connectivity index (χ0n) is 18.1. The van der Waals surface area contributed by atoms with Gasteiger partial charge in [0.1, 0.15) is 27.5 Å². The van der Waals surface area contributed by atoms with Crippen LogP contribution < -0.4 is 11.1 Å². The van der Waals surface area contributed by atoms with E-state index in [0.29, 0.717) is 33.0 Å². The van der Waals surface area contributed by atoms with Crippen LogP contribution in [0, 0.1) is 18.2 Å². The highest BCUT2D eigenvalue weighted by Crippen LogP contribution is 2.39. The van der Waals surface area contributed by atoms with Gasteiger partial charge in [-0.05, 0) is 45.0 Å². The summed E-state index contributed by atoms with van der Waals surface area (Å²) in [6.45, 7) is 4.53. The van der Waals surface area contributed by atoms with Gasteiger partial charge in [0.25, 0.3) is 0 Å². The van der Waals surface area contributed by atoms with Crippen molar-refractivity contribution in [3.63, 3.8) is 0 Å². The molecule has 7 nitrogen and oxygen atoms in total. The number of aliphatic imine (C=N–C) groups is 1. The zero-order valence-corrected chi connectivity index (χ0v) is 19.7. The van der Waals surface area contributed by atoms with Gasteiger partial charge < -0.3 is 11.1 Å². The van der Waals surface area contributed by atoms with E-state index in [1.54, 1.807) is 13.0 Å². The molecular weight excluding hydrogens is 465 g/mol. The number of nitrogens with zero attached hydrogens (tertiary/aromatic N) is 3. The topological polar surface area (TPSA) is 110 Å². The predicted octanol–water partition coefficient (Wildman–Crippen LogP) is 3.93. The first kappa shape index (κ1) is 23.0. The fourth-order valence-corrected chi connectivity index (χ4v) is 5.58.